The van der Waals surface area contributed by atoms with Crippen molar-refractivity contribution in [2.75, 3.05) is 0 Å². The number of benzene rings is 8. The molecule has 0 saturated carbocycles. The summed E-state index contributed by atoms with van der Waals surface area (Å²) in [5.74, 6) is 1.60. The topological polar surface area (TPSA) is 69.9 Å². The molecule has 0 spiro atoms. The minimum Gasteiger partial charge on any atom is -0.456 e. The number of aromatic nitrogens is 4. The quantitative estimate of drug-likeness (QED) is 0.176. The van der Waals surface area contributed by atoms with Gasteiger partial charge in [-0.3, -0.25) is 4.57 Å². The van der Waals surface area contributed by atoms with Crippen molar-refractivity contribution in [1.82, 2.24) is 19.5 Å². The summed E-state index contributed by atoms with van der Waals surface area (Å²) in [6, 6.07) is 62.6. The van der Waals surface area contributed by atoms with Gasteiger partial charge < -0.3 is 8.83 Å². The molecule has 0 radical (unpaired) electrons. The molecule has 0 unspecified atom stereocenters. The highest BCUT2D eigenvalue weighted by Gasteiger charge is 2.24. The first kappa shape index (κ1) is 31.5. The summed E-state index contributed by atoms with van der Waals surface area (Å²) in [4.78, 5) is 15.7. The van der Waals surface area contributed by atoms with E-state index in [4.69, 9.17) is 23.8 Å². The standard InChI is InChI=1S/C51H30N4O2/c1-4-14-31(15-5-1)35-21-12-23-41-45(35)40-29-28-38-37-20-10-11-24-42(37)57-48(38)47(40)55(41)51-53-49(33-18-8-3-9-19-33)52-50(54-51)34-26-27-39-44(30-34)56-43-25-13-22-36(46(39)43)32-16-6-2-7-17-32/h1-30H. The summed E-state index contributed by atoms with van der Waals surface area (Å²) >= 11 is 0. The molecule has 0 amide bonds. The number of hydrogen-bond acceptors (Lipinski definition) is 5. The lowest BCUT2D eigenvalue weighted by Gasteiger charge is -2.11. The van der Waals surface area contributed by atoms with E-state index in [0.29, 0.717) is 17.6 Å². The van der Waals surface area contributed by atoms with E-state index in [1.165, 1.54) is 0 Å². The second-order valence-corrected chi connectivity index (χ2v) is 14.3. The van der Waals surface area contributed by atoms with Gasteiger partial charge >= 0.3 is 0 Å². The van der Waals surface area contributed by atoms with Gasteiger partial charge in [0.15, 0.2) is 17.2 Å². The molecule has 6 nitrogen and oxygen atoms in total. The fraction of sp³-hybridized carbons (Fsp3) is 0. The van der Waals surface area contributed by atoms with Crippen molar-refractivity contribution in [2.45, 2.75) is 0 Å². The lowest BCUT2D eigenvalue weighted by Crippen LogP contribution is -2.06. The molecule has 6 heteroatoms. The van der Waals surface area contributed by atoms with E-state index in [-0.39, 0.29) is 0 Å². The maximum atomic E-state index is 6.75. The molecule has 0 aliphatic rings. The van der Waals surface area contributed by atoms with Crippen molar-refractivity contribution in [2.24, 2.45) is 0 Å². The van der Waals surface area contributed by atoms with E-state index in [0.717, 1.165) is 99.1 Å². The number of fused-ring (bicyclic) bond motifs is 10. The Bertz CT molecular complexity index is 3510. The average molecular weight is 731 g/mol. The molecule has 4 aromatic heterocycles. The highest BCUT2D eigenvalue weighted by Crippen LogP contribution is 2.44. The number of nitrogens with zero attached hydrogens (tertiary/aromatic N) is 4. The van der Waals surface area contributed by atoms with Gasteiger partial charge in [0, 0.05) is 43.4 Å². The third kappa shape index (κ3) is 4.87. The van der Waals surface area contributed by atoms with Crippen molar-refractivity contribution >= 4 is 65.7 Å². The molecule has 0 aliphatic heterocycles. The number of rotatable bonds is 5. The Hall–Kier alpha value is -7.83. The Morgan fingerprint density at radius 3 is 1.72 bits per heavy atom. The Balaban J connectivity index is 1.15. The molecule has 0 saturated heterocycles. The lowest BCUT2D eigenvalue weighted by molar-refractivity contribution is 0.669. The van der Waals surface area contributed by atoms with Crippen molar-refractivity contribution in [1.29, 1.82) is 0 Å². The predicted octanol–water partition coefficient (Wildman–Crippen LogP) is 13.4. The first-order chi connectivity index (χ1) is 28.3. The zero-order valence-corrected chi connectivity index (χ0v) is 30.4. The van der Waals surface area contributed by atoms with E-state index in [9.17, 15) is 0 Å². The van der Waals surface area contributed by atoms with Crippen molar-refractivity contribution in [3.8, 4) is 51.0 Å². The Kier molecular flexibility index (Phi) is 6.83. The van der Waals surface area contributed by atoms with Gasteiger partial charge in [0.25, 0.3) is 0 Å². The highest BCUT2D eigenvalue weighted by molar-refractivity contribution is 6.24. The fourth-order valence-corrected chi connectivity index (χ4v) is 8.53. The zero-order valence-electron chi connectivity index (χ0n) is 30.4. The Morgan fingerprint density at radius 1 is 0.368 bits per heavy atom. The summed E-state index contributed by atoms with van der Waals surface area (Å²) in [5, 5.41) is 6.37. The molecule has 12 rings (SSSR count). The van der Waals surface area contributed by atoms with Gasteiger partial charge in [-0.1, -0.05) is 146 Å². The van der Waals surface area contributed by atoms with Gasteiger partial charge in [-0.05, 0) is 58.7 Å². The minimum atomic E-state index is 0.494. The van der Waals surface area contributed by atoms with E-state index < -0.39 is 0 Å². The Labute approximate surface area is 325 Å². The molecule has 12 aromatic rings. The zero-order chi connectivity index (χ0) is 37.5. The van der Waals surface area contributed by atoms with Crippen LogP contribution in [0.5, 0.6) is 0 Å². The summed E-state index contributed by atoms with van der Waals surface area (Å²) < 4.78 is 15.5. The van der Waals surface area contributed by atoms with Crippen LogP contribution in [0.3, 0.4) is 0 Å². The fourth-order valence-electron chi connectivity index (χ4n) is 8.53. The number of para-hydroxylation sites is 1. The smallest absolute Gasteiger partial charge is 0.238 e. The second-order valence-electron chi connectivity index (χ2n) is 14.3. The molecule has 0 aliphatic carbocycles. The molecule has 266 valence electrons. The normalized spacial score (nSPS) is 11.9. The molecule has 57 heavy (non-hydrogen) atoms. The van der Waals surface area contributed by atoms with Gasteiger partial charge in [0.05, 0.1) is 5.52 Å². The molecule has 0 bridgehead atoms. The van der Waals surface area contributed by atoms with Crippen molar-refractivity contribution in [3.63, 3.8) is 0 Å². The van der Waals surface area contributed by atoms with Gasteiger partial charge in [-0.15, -0.1) is 0 Å². The molecule has 0 fully saturated rings. The van der Waals surface area contributed by atoms with Crippen LogP contribution >= 0.6 is 0 Å². The first-order valence-corrected chi connectivity index (χ1v) is 19.0. The van der Waals surface area contributed by atoms with Gasteiger partial charge in [0.1, 0.15) is 22.3 Å². The largest absolute Gasteiger partial charge is 0.456 e. The van der Waals surface area contributed by atoms with Crippen LogP contribution in [-0.2, 0) is 0 Å². The van der Waals surface area contributed by atoms with Gasteiger partial charge in [-0.25, -0.2) is 4.98 Å². The van der Waals surface area contributed by atoms with E-state index in [2.05, 4.69) is 120 Å². The molecule has 0 atom stereocenters. The summed E-state index contributed by atoms with van der Waals surface area (Å²) in [6.45, 7) is 0. The SMILES string of the molecule is c1ccc(-c2nc(-c3ccc4c(c3)oc3cccc(-c5ccccc5)c34)nc(-n3c4cccc(-c5ccccc5)c4c4ccc5c6ccccc6oc5c43)n2)cc1. The van der Waals surface area contributed by atoms with E-state index in [1.807, 2.05) is 66.7 Å². The molecule has 0 N–H and O–H groups in total. The maximum absolute atomic E-state index is 6.75. The third-order valence-corrected chi connectivity index (χ3v) is 11.1. The first-order valence-electron chi connectivity index (χ1n) is 19.0. The highest BCUT2D eigenvalue weighted by atomic mass is 16.3. The predicted molar refractivity (Wildman–Crippen MR) is 230 cm³/mol. The number of furan rings is 2. The van der Waals surface area contributed by atoms with Gasteiger partial charge in [0.2, 0.25) is 5.95 Å². The minimum absolute atomic E-state index is 0.494. The molecule has 8 aromatic carbocycles. The average Bonchev–Trinajstić information content (AvgIpc) is 3.96. The molecular weight excluding hydrogens is 701 g/mol. The third-order valence-electron chi connectivity index (χ3n) is 11.1. The summed E-state index contributed by atoms with van der Waals surface area (Å²) in [6.07, 6.45) is 0. The van der Waals surface area contributed by atoms with Crippen LogP contribution in [0.1, 0.15) is 0 Å². The van der Waals surface area contributed by atoms with Crippen molar-refractivity contribution in [3.05, 3.63) is 182 Å². The molecular formula is C51H30N4O2. The summed E-state index contributed by atoms with van der Waals surface area (Å²) in [5.41, 5.74) is 11.3. The van der Waals surface area contributed by atoms with Crippen LogP contribution in [0.2, 0.25) is 0 Å². The van der Waals surface area contributed by atoms with Crippen LogP contribution in [0.15, 0.2) is 191 Å². The number of hydrogen-bond donors (Lipinski definition) is 0. The molecule has 4 heterocycles. The maximum Gasteiger partial charge on any atom is 0.238 e. The summed E-state index contributed by atoms with van der Waals surface area (Å²) in [7, 11) is 0. The van der Waals surface area contributed by atoms with E-state index >= 15 is 0 Å². The van der Waals surface area contributed by atoms with Crippen LogP contribution in [0.4, 0.5) is 0 Å². The van der Waals surface area contributed by atoms with Crippen LogP contribution in [0, 0.1) is 0 Å². The lowest BCUT2D eigenvalue weighted by atomic mass is 9.99. The second kappa shape index (κ2) is 12.3. The Morgan fingerprint density at radius 2 is 0.965 bits per heavy atom. The van der Waals surface area contributed by atoms with Crippen molar-refractivity contribution < 1.29 is 8.83 Å². The monoisotopic (exact) mass is 730 g/mol. The van der Waals surface area contributed by atoms with Crippen LogP contribution in [0.25, 0.3) is 117 Å². The van der Waals surface area contributed by atoms with Crippen LogP contribution in [-0.4, -0.2) is 19.5 Å². The van der Waals surface area contributed by atoms with E-state index in [1.54, 1.807) is 0 Å². The van der Waals surface area contributed by atoms with Gasteiger partial charge in [-0.2, -0.15) is 9.97 Å². The van der Waals surface area contributed by atoms with Crippen LogP contribution < -0.4 is 0 Å².